The van der Waals surface area contributed by atoms with Crippen molar-refractivity contribution >= 4 is 5.78 Å². The van der Waals surface area contributed by atoms with Crippen molar-refractivity contribution in [1.82, 2.24) is 0 Å². The zero-order valence-electron chi connectivity index (χ0n) is 13.3. The minimum Gasteiger partial charge on any atom is -0.497 e. The summed E-state index contributed by atoms with van der Waals surface area (Å²) >= 11 is 0. The molecule has 2 saturated carbocycles. The fraction of sp³-hybridized carbons (Fsp3) is 0.632. The van der Waals surface area contributed by atoms with Crippen LogP contribution in [0.25, 0.3) is 0 Å². The Morgan fingerprint density at radius 2 is 2.09 bits per heavy atom. The van der Waals surface area contributed by atoms with Crippen LogP contribution in [0.15, 0.2) is 18.2 Å². The van der Waals surface area contributed by atoms with E-state index in [4.69, 9.17) is 4.74 Å². The van der Waals surface area contributed by atoms with Gasteiger partial charge in [-0.3, -0.25) is 4.79 Å². The van der Waals surface area contributed by atoms with Gasteiger partial charge in [-0.2, -0.15) is 0 Å². The van der Waals surface area contributed by atoms with Gasteiger partial charge in [-0.05, 0) is 60.8 Å². The van der Waals surface area contributed by atoms with Crippen LogP contribution in [-0.2, 0) is 11.2 Å². The van der Waals surface area contributed by atoms with Crippen LogP contribution < -0.4 is 4.74 Å². The first kappa shape index (κ1) is 14.3. The first-order valence-electron chi connectivity index (χ1n) is 8.43. The molecule has 118 valence electrons. The Labute approximate surface area is 131 Å². The van der Waals surface area contributed by atoms with Gasteiger partial charge in [-0.15, -0.1) is 0 Å². The van der Waals surface area contributed by atoms with Crippen molar-refractivity contribution in [3.8, 4) is 5.75 Å². The second-order valence-corrected chi connectivity index (χ2v) is 7.55. The van der Waals surface area contributed by atoms with Crippen molar-refractivity contribution in [1.29, 1.82) is 0 Å². The van der Waals surface area contributed by atoms with Gasteiger partial charge in [0.25, 0.3) is 0 Å². The number of aryl methyl sites for hydroxylation is 1. The lowest BCUT2D eigenvalue weighted by atomic mass is 9.54. The maximum atomic E-state index is 12.4. The third-order valence-electron chi connectivity index (χ3n) is 6.62. The quantitative estimate of drug-likeness (QED) is 0.867. The van der Waals surface area contributed by atoms with E-state index in [9.17, 15) is 9.90 Å². The van der Waals surface area contributed by atoms with Gasteiger partial charge in [0.05, 0.1) is 13.2 Å². The number of benzene rings is 1. The molecule has 0 heterocycles. The summed E-state index contributed by atoms with van der Waals surface area (Å²) in [6.07, 6.45) is 4.04. The van der Waals surface area contributed by atoms with Crippen LogP contribution in [0.3, 0.4) is 0 Å². The fourth-order valence-electron chi connectivity index (χ4n) is 5.54. The summed E-state index contributed by atoms with van der Waals surface area (Å²) in [7, 11) is 1.69. The number of ketones is 1. The van der Waals surface area contributed by atoms with Crippen molar-refractivity contribution in [3.63, 3.8) is 0 Å². The van der Waals surface area contributed by atoms with Crippen molar-refractivity contribution < 1.29 is 14.6 Å². The molecule has 0 amide bonds. The Balaban J connectivity index is 1.75. The molecule has 1 aromatic carbocycles. The first-order chi connectivity index (χ1) is 10.5. The Morgan fingerprint density at radius 1 is 1.27 bits per heavy atom. The molecule has 1 N–H and O–H groups in total. The van der Waals surface area contributed by atoms with Gasteiger partial charge in [0, 0.05) is 17.8 Å². The summed E-state index contributed by atoms with van der Waals surface area (Å²) in [6, 6.07) is 6.25. The van der Waals surface area contributed by atoms with Crippen LogP contribution >= 0.6 is 0 Å². The Hall–Kier alpha value is -1.35. The molecule has 0 aliphatic heterocycles. The molecule has 4 rings (SSSR count). The van der Waals surface area contributed by atoms with Gasteiger partial charge >= 0.3 is 0 Å². The van der Waals surface area contributed by atoms with Crippen molar-refractivity contribution in [3.05, 3.63) is 29.3 Å². The van der Waals surface area contributed by atoms with Gasteiger partial charge in [-0.1, -0.05) is 13.0 Å². The fourth-order valence-corrected chi connectivity index (χ4v) is 5.54. The van der Waals surface area contributed by atoms with E-state index in [0.29, 0.717) is 30.5 Å². The number of carbonyl (C=O) groups excluding carboxylic acids is 1. The van der Waals surface area contributed by atoms with E-state index in [1.807, 2.05) is 6.07 Å². The monoisotopic (exact) mass is 300 g/mol. The van der Waals surface area contributed by atoms with Gasteiger partial charge in [0.1, 0.15) is 11.5 Å². The van der Waals surface area contributed by atoms with Crippen LogP contribution in [0.4, 0.5) is 0 Å². The van der Waals surface area contributed by atoms with Crippen molar-refractivity contribution in [2.45, 2.75) is 51.0 Å². The number of methoxy groups -OCH3 is 1. The number of fused-ring (bicyclic) bond motifs is 5. The summed E-state index contributed by atoms with van der Waals surface area (Å²) in [6.45, 7) is 2.09. The number of rotatable bonds is 1. The lowest BCUT2D eigenvalue weighted by molar-refractivity contribution is -0.133. The molecular formula is C19H24O3. The van der Waals surface area contributed by atoms with Crippen molar-refractivity contribution in [2.75, 3.05) is 7.11 Å². The first-order valence-corrected chi connectivity index (χ1v) is 8.43. The summed E-state index contributed by atoms with van der Waals surface area (Å²) in [5.74, 6) is 2.35. The summed E-state index contributed by atoms with van der Waals surface area (Å²) in [5, 5.41) is 10.8. The second-order valence-electron chi connectivity index (χ2n) is 7.55. The smallest absolute Gasteiger partial charge is 0.139 e. The molecule has 0 unspecified atom stereocenters. The maximum Gasteiger partial charge on any atom is 0.139 e. The SMILES string of the molecule is COc1ccc2c(c1)CC[C@@H]1[C@@H]2[C@@H](O)C[C@]2(C)C(=O)CC[C@@H]12. The lowest BCUT2D eigenvalue weighted by Gasteiger charge is -2.50. The van der Waals surface area contributed by atoms with E-state index in [1.54, 1.807) is 7.11 Å². The molecule has 1 aromatic rings. The Bertz CT molecular complexity index is 623. The van der Waals surface area contributed by atoms with Crippen LogP contribution in [0.2, 0.25) is 0 Å². The molecule has 0 bridgehead atoms. The molecule has 22 heavy (non-hydrogen) atoms. The van der Waals surface area contributed by atoms with Gasteiger partial charge in [-0.25, -0.2) is 0 Å². The van der Waals surface area contributed by atoms with Gasteiger partial charge < -0.3 is 9.84 Å². The molecule has 3 heteroatoms. The number of hydrogen-bond donors (Lipinski definition) is 1. The largest absolute Gasteiger partial charge is 0.497 e. The molecule has 0 saturated heterocycles. The molecule has 3 nitrogen and oxygen atoms in total. The van der Waals surface area contributed by atoms with Gasteiger partial charge in [0.2, 0.25) is 0 Å². The topological polar surface area (TPSA) is 46.5 Å². The molecule has 0 radical (unpaired) electrons. The highest BCUT2D eigenvalue weighted by molar-refractivity contribution is 5.87. The number of ether oxygens (including phenoxy) is 1. The average molecular weight is 300 g/mol. The van der Waals surface area contributed by atoms with E-state index >= 15 is 0 Å². The molecule has 0 aromatic heterocycles. The summed E-state index contributed by atoms with van der Waals surface area (Å²) in [4.78, 5) is 12.4. The highest BCUT2D eigenvalue weighted by atomic mass is 16.5. The molecule has 2 fully saturated rings. The number of aliphatic hydroxyl groups excluding tert-OH is 1. The Morgan fingerprint density at radius 3 is 2.86 bits per heavy atom. The Kier molecular flexibility index (Phi) is 3.12. The van der Waals surface area contributed by atoms with Crippen LogP contribution in [0, 0.1) is 17.3 Å². The minimum absolute atomic E-state index is 0.193. The van der Waals surface area contributed by atoms with E-state index in [2.05, 4.69) is 19.1 Å². The molecule has 3 aliphatic carbocycles. The predicted octanol–water partition coefficient (Wildman–Crippen LogP) is 3.09. The molecule has 3 aliphatic rings. The van der Waals surface area contributed by atoms with E-state index in [1.165, 1.54) is 11.1 Å². The normalized spacial score (nSPS) is 39.9. The summed E-state index contributed by atoms with van der Waals surface area (Å²) < 4.78 is 5.34. The minimum atomic E-state index is -0.402. The number of hydrogen-bond acceptors (Lipinski definition) is 3. The zero-order chi connectivity index (χ0) is 15.5. The highest BCUT2D eigenvalue weighted by Gasteiger charge is 2.57. The average Bonchev–Trinajstić information content (AvgIpc) is 2.81. The third-order valence-corrected chi connectivity index (χ3v) is 6.62. The predicted molar refractivity (Wildman–Crippen MR) is 84.0 cm³/mol. The van der Waals surface area contributed by atoms with E-state index < -0.39 is 6.10 Å². The van der Waals surface area contributed by atoms with Crippen LogP contribution in [-0.4, -0.2) is 24.1 Å². The van der Waals surface area contributed by atoms with E-state index in [0.717, 1.165) is 25.0 Å². The zero-order valence-corrected chi connectivity index (χ0v) is 13.3. The number of carbonyl (C=O) groups is 1. The molecule has 5 atom stereocenters. The number of aliphatic hydroxyl groups is 1. The standard InChI is InChI=1S/C19H24O3/c1-19-10-16(20)18-13-6-4-12(22-2)9-11(13)3-5-14(18)15(19)7-8-17(19)21/h4,6,9,14-16,18,20H,3,5,7-8,10H2,1-2H3/t14-,15-,16-,18+,19-/m0/s1. The van der Waals surface area contributed by atoms with Crippen molar-refractivity contribution in [2.24, 2.45) is 17.3 Å². The van der Waals surface area contributed by atoms with E-state index in [-0.39, 0.29) is 11.3 Å². The maximum absolute atomic E-state index is 12.4. The van der Waals surface area contributed by atoms with Crippen LogP contribution in [0.1, 0.15) is 49.7 Å². The third kappa shape index (κ3) is 1.81. The highest BCUT2D eigenvalue weighted by Crippen LogP contribution is 2.59. The number of Topliss-reactive ketones (excluding diaryl/α,β-unsaturated/α-hetero) is 1. The summed E-state index contributed by atoms with van der Waals surface area (Å²) in [5.41, 5.74) is 2.31. The molecule has 0 spiro atoms. The lowest BCUT2D eigenvalue weighted by Crippen LogP contribution is -2.48. The van der Waals surface area contributed by atoms with Gasteiger partial charge in [0.15, 0.2) is 0 Å². The second kappa shape index (κ2) is 4.82. The van der Waals surface area contributed by atoms with Crippen LogP contribution in [0.5, 0.6) is 5.75 Å². The molecular weight excluding hydrogens is 276 g/mol.